The summed E-state index contributed by atoms with van der Waals surface area (Å²) in [5.41, 5.74) is 1.97. The molecule has 3 aromatic rings. The molecule has 0 saturated heterocycles. The Bertz CT molecular complexity index is 1150. The summed E-state index contributed by atoms with van der Waals surface area (Å²) in [6.07, 6.45) is -2.75. The molecular formula is C23H25F3N2O2S. The molecule has 0 saturated carbocycles. The van der Waals surface area contributed by atoms with Crippen molar-refractivity contribution in [2.75, 3.05) is 0 Å². The lowest BCUT2D eigenvalue weighted by atomic mass is 10.1. The van der Waals surface area contributed by atoms with Crippen LogP contribution in [0.15, 0.2) is 71.8 Å². The van der Waals surface area contributed by atoms with Gasteiger partial charge in [-0.1, -0.05) is 35.9 Å². The number of benzene rings is 2. The molecule has 0 atom stereocenters. The predicted molar refractivity (Wildman–Crippen MR) is 114 cm³/mol. The molecule has 0 spiro atoms. The van der Waals surface area contributed by atoms with Crippen molar-refractivity contribution in [3.8, 4) is 0 Å². The molecule has 0 amide bonds. The third-order valence-electron chi connectivity index (χ3n) is 5.02. The molecule has 1 aromatic heterocycles. The van der Waals surface area contributed by atoms with Crippen LogP contribution in [0.1, 0.15) is 36.2 Å². The van der Waals surface area contributed by atoms with E-state index in [1.54, 1.807) is 13.8 Å². The lowest BCUT2D eigenvalue weighted by Gasteiger charge is -2.27. The molecule has 31 heavy (non-hydrogen) atoms. The van der Waals surface area contributed by atoms with Crippen molar-refractivity contribution >= 4 is 10.0 Å². The molecular weight excluding hydrogens is 425 g/mol. The number of hydrogen-bond donors (Lipinski definition) is 0. The van der Waals surface area contributed by atoms with Gasteiger partial charge in [-0.05, 0) is 56.7 Å². The van der Waals surface area contributed by atoms with Crippen molar-refractivity contribution < 1.29 is 21.6 Å². The van der Waals surface area contributed by atoms with E-state index in [1.165, 1.54) is 10.4 Å². The maximum Gasteiger partial charge on any atom is 0.416 e. The van der Waals surface area contributed by atoms with Crippen LogP contribution < -0.4 is 0 Å². The zero-order chi connectivity index (χ0) is 22.8. The Hall–Kier alpha value is -2.58. The van der Waals surface area contributed by atoms with Crippen LogP contribution in [0.25, 0.3) is 0 Å². The molecule has 0 aliphatic heterocycles. The molecule has 4 nitrogen and oxygen atoms in total. The molecule has 1 heterocycles. The van der Waals surface area contributed by atoms with Crippen LogP contribution in [0.5, 0.6) is 0 Å². The third-order valence-corrected chi connectivity index (χ3v) is 7.04. The molecule has 8 heteroatoms. The smallest absolute Gasteiger partial charge is 0.346 e. The normalized spacial score (nSPS) is 12.6. The number of rotatable bonds is 7. The Morgan fingerprint density at radius 1 is 1.00 bits per heavy atom. The summed E-state index contributed by atoms with van der Waals surface area (Å²) in [6.45, 7) is 6.04. The highest BCUT2D eigenvalue weighted by Gasteiger charge is 2.34. The summed E-state index contributed by atoms with van der Waals surface area (Å²) in [5, 5.41) is 0. The monoisotopic (exact) mass is 450 g/mol. The Labute approximate surface area is 181 Å². The number of aryl methyl sites for hydroxylation is 1. The topological polar surface area (TPSA) is 42.3 Å². The Balaban J connectivity index is 1.92. The van der Waals surface area contributed by atoms with Gasteiger partial charge in [-0.25, -0.2) is 8.42 Å². The van der Waals surface area contributed by atoms with E-state index in [4.69, 9.17) is 0 Å². The van der Waals surface area contributed by atoms with Gasteiger partial charge >= 0.3 is 6.18 Å². The highest BCUT2D eigenvalue weighted by molar-refractivity contribution is 7.89. The van der Waals surface area contributed by atoms with Crippen molar-refractivity contribution in [2.24, 2.45) is 0 Å². The van der Waals surface area contributed by atoms with E-state index < -0.39 is 27.8 Å². The van der Waals surface area contributed by atoms with Gasteiger partial charge in [-0.2, -0.15) is 17.5 Å². The van der Waals surface area contributed by atoms with Crippen LogP contribution >= 0.6 is 0 Å². The first kappa shape index (κ1) is 23.1. The maximum absolute atomic E-state index is 13.2. The fraction of sp³-hybridized carbons (Fsp3) is 0.304. The lowest BCUT2D eigenvalue weighted by Crippen LogP contribution is -2.37. The van der Waals surface area contributed by atoms with Crippen molar-refractivity contribution in [2.45, 2.75) is 51.0 Å². The highest BCUT2D eigenvalue weighted by Crippen LogP contribution is 2.31. The minimum absolute atomic E-state index is 0.0507. The number of alkyl halides is 3. The molecule has 0 N–H and O–H groups in total. The summed E-state index contributed by atoms with van der Waals surface area (Å²) in [5.74, 6) is 0. The first-order chi connectivity index (χ1) is 14.5. The quantitative estimate of drug-likeness (QED) is 0.480. The Kier molecular flexibility index (Phi) is 6.62. The number of sulfonamides is 1. The first-order valence-corrected chi connectivity index (χ1v) is 11.3. The van der Waals surface area contributed by atoms with E-state index in [0.29, 0.717) is 12.6 Å². The largest absolute Gasteiger partial charge is 0.416 e. The maximum atomic E-state index is 13.2. The van der Waals surface area contributed by atoms with Gasteiger partial charge in [0.1, 0.15) is 0 Å². The third kappa shape index (κ3) is 5.37. The summed E-state index contributed by atoms with van der Waals surface area (Å²) in [7, 11) is -4.14. The average Bonchev–Trinajstić information content (AvgIpc) is 3.12. The minimum atomic E-state index is -4.61. The summed E-state index contributed by atoms with van der Waals surface area (Å²) >= 11 is 0. The van der Waals surface area contributed by atoms with Gasteiger partial charge in [0.25, 0.3) is 0 Å². The zero-order valence-corrected chi connectivity index (χ0v) is 18.4. The van der Waals surface area contributed by atoms with Crippen molar-refractivity contribution in [1.29, 1.82) is 0 Å². The van der Waals surface area contributed by atoms with Crippen molar-refractivity contribution in [3.05, 3.63) is 89.2 Å². The standard InChI is InChI=1S/C23H25F3N2O2S/c1-17(2)28(31(29,30)22-11-5-9-20(14-22)23(24,25)26)16-21-10-6-12-27(21)15-19-8-4-7-18(3)13-19/h4-14,17H,15-16H2,1-3H3. The molecule has 0 radical (unpaired) electrons. The second-order valence-corrected chi connectivity index (χ2v) is 9.68. The van der Waals surface area contributed by atoms with E-state index >= 15 is 0 Å². The van der Waals surface area contributed by atoms with Crippen LogP contribution in [0.4, 0.5) is 13.2 Å². The van der Waals surface area contributed by atoms with Gasteiger partial charge in [-0.15, -0.1) is 0 Å². The van der Waals surface area contributed by atoms with E-state index in [2.05, 4.69) is 6.07 Å². The molecule has 0 fully saturated rings. The van der Waals surface area contributed by atoms with Gasteiger partial charge in [-0.3, -0.25) is 0 Å². The minimum Gasteiger partial charge on any atom is -0.346 e. The van der Waals surface area contributed by atoms with Crippen molar-refractivity contribution in [3.63, 3.8) is 0 Å². The number of nitrogens with zero attached hydrogens (tertiary/aromatic N) is 2. The number of hydrogen-bond acceptors (Lipinski definition) is 2. The number of aromatic nitrogens is 1. The molecule has 0 aliphatic rings. The fourth-order valence-corrected chi connectivity index (χ4v) is 5.08. The Morgan fingerprint density at radius 3 is 2.35 bits per heavy atom. The van der Waals surface area contributed by atoms with E-state index in [9.17, 15) is 21.6 Å². The fourth-order valence-electron chi connectivity index (χ4n) is 3.43. The van der Waals surface area contributed by atoms with Crippen LogP contribution in [-0.2, 0) is 29.3 Å². The van der Waals surface area contributed by atoms with Crippen molar-refractivity contribution in [1.82, 2.24) is 8.87 Å². The van der Waals surface area contributed by atoms with Gasteiger partial charge in [0.15, 0.2) is 0 Å². The van der Waals surface area contributed by atoms with E-state index in [1.807, 2.05) is 48.0 Å². The molecule has 0 unspecified atom stereocenters. The summed E-state index contributed by atoms with van der Waals surface area (Å²) in [6, 6.07) is 15.1. The lowest BCUT2D eigenvalue weighted by molar-refractivity contribution is -0.137. The second kappa shape index (κ2) is 8.88. The van der Waals surface area contributed by atoms with E-state index in [-0.39, 0.29) is 11.4 Å². The van der Waals surface area contributed by atoms with Crippen LogP contribution in [0.3, 0.4) is 0 Å². The predicted octanol–water partition coefficient (Wildman–Crippen LogP) is 5.46. The van der Waals surface area contributed by atoms with Crippen LogP contribution in [0, 0.1) is 6.92 Å². The van der Waals surface area contributed by atoms with E-state index in [0.717, 1.165) is 29.0 Å². The summed E-state index contributed by atoms with van der Waals surface area (Å²) in [4.78, 5) is -0.368. The van der Waals surface area contributed by atoms with Gasteiger partial charge < -0.3 is 4.57 Å². The van der Waals surface area contributed by atoms with Gasteiger partial charge in [0, 0.05) is 24.5 Å². The molecule has 0 bridgehead atoms. The average molecular weight is 451 g/mol. The molecule has 0 aliphatic carbocycles. The first-order valence-electron chi connectivity index (χ1n) is 9.87. The highest BCUT2D eigenvalue weighted by atomic mass is 32.2. The van der Waals surface area contributed by atoms with Crippen LogP contribution in [-0.4, -0.2) is 23.3 Å². The Morgan fingerprint density at radius 2 is 1.71 bits per heavy atom. The van der Waals surface area contributed by atoms with Gasteiger partial charge in [0.2, 0.25) is 10.0 Å². The SMILES string of the molecule is Cc1cccc(Cn2cccc2CN(C(C)C)S(=O)(=O)c2cccc(C(F)(F)F)c2)c1. The molecule has 3 rings (SSSR count). The molecule has 2 aromatic carbocycles. The molecule has 166 valence electrons. The summed E-state index contributed by atoms with van der Waals surface area (Å²) < 4.78 is 69.0. The second-order valence-electron chi connectivity index (χ2n) is 7.79. The van der Waals surface area contributed by atoms with Gasteiger partial charge in [0.05, 0.1) is 17.0 Å². The number of halogens is 3. The zero-order valence-electron chi connectivity index (χ0n) is 17.6. The van der Waals surface area contributed by atoms with Crippen LogP contribution in [0.2, 0.25) is 0 Å².